The highest BCUT2D eigenvalue weighted by Crippen LogP contribution is 2.30. The number of hydrogen-bond donors (Lipinski definition) is 1. The van der Waals surface area contributed by atoms with Gasteiger partial charge >= 0.3 is 0 Å². The predicted octanol–water partition coefficient (Wildman–Crippen LogP) is 1.86. The van der Waals surface area contributed by atoms with E-state index in [0.29, 0.717) is 6.04 Å². The molecule has 0 spiro atoms. The van der Waals surface area contributed by atoms with Crippen LogP contribution in [-0.2, 0) is 4.74 Å². The minimum absolute atomic E-state index is 0.214. The average molecular weight is 277 g/mol. The van der Waals surface area contributed by atoms with Gasteiger partial charge in [0.05, 0.1) is 6.61 Å². The quantitative estimate of drug-likeness (QED) is 0.892. The van der Waals surface area contributed by atoms with E-state index < -0.39 is 0 Å². The van der Waals surface area contributed by atoms with Crippen molar-refractivity contribution < 1.29 is 4.74 Å². The molecule has 2 unspecified atom stereocenters. The molecule has 1 aliphatic rings. The molecule has 2 rings (SSSR count). The van der Waals surface area contributed by atoms with Crippen LogP contribution in [0.25, 0.3) is 0 Å². The first kappa shape index (κ1) is 15.3. The molecule has 1 aromatic carbocycles. The van der Waals surface area contributed by atoms with Crippen molar-refractivity contribution >= 4 is 5.69 Å². The Hall–Kier alpha value is -1.10. The van der Waals surface area contributed by atoms with Gasteiger partial charge in [0.1, 0.15) is 0 Å². The second-order valence-electron chi connectivity index (χ2n) is 5.77. The smallest absolute Gasteiger partial charge is 0.0589 e. The molecular formula is C16H27N3O. The van der Waals surface area contributed by atoms with E-state index in [2.05, 4.69) is 48.2 Å². The number of ether oxygens (including phenoxy) is 1. The molecule has 0 saturated carbocycles. The van der Waals surface area contributed by atoms with Crippen molar-refractivity contribution in [2.24, 2.45) is 5.73 Å². The molecule has 0 amide bonds. The highest BCUT2D eigenvalue weighted by Gasteiger charge is 2.29. The normalized spacial score (nSPS) is 23.8. The summed E-state index contributed by atoms with van der Waals surface area (Å²) in [5, 5.41) is 0. The summed E-state index contributed by atoms with van der Waals surface area (Å²) in [6.07, 6.45) is 2.28. The van der Waals surface area contributed by atoms with E-state index in [9.17, 15) is 0 Å². The minimum Gasteiger partial charge on any atom is -0.383 e. The number of methoxy groups -OCH3 is 1. The topological polar surface area (TPSA) is 41.7 Å². The molecule has 4 nitrogen and oxygen atoms in total. The molecule has 0 radical (unpaired) electrons. The van der Waals surface area contributed by atoms with E-state index in [1.807, 2.05) is 0 Å². The van der Waals surface area contributed by atoms with E-state index in [1.165, 1.54) is 17.7 Å². The molecule has 0 aliphatic carbocycles. The lowest BCUT2D eigenvalue weighted by molar-refractivity contribution is 0.0848. The molecule has 0 bridgehead atoms. The standard InChI is InChI=1S/C16H27N3O/c1-18(2)14-8-6-13(7-9-14)16-15(17)5-4-10-19(16)11-12-20-3/h6-9,15-16H,4-5,10-12,17H2,1-3H3. The van der Waals surface area contributed by atoms with Crippen LogP contribution in [0.15, 0.2) is 24.3 Å². The lowest BCUT2D eigenvalue weighted by Gasteiger charge is -2.40. The SMILES string of the molecule is COCCN1CCCC(N)C1c1ccc(N(C)C)cc1. The summed E-state index contributed by atoms with van der Waals surface area (Å²) in [5.74, 6) is 0. The van der Waals surface area contributed by atoms with E-state index in [0.717, 1.165) is 26.1 Å². The third kappa shape index (κ3) is 3.51. The Morgan fingerprint density at radius 1 is 1.30 bits per heavy atom. The average Bonchev–Trinajstić information content (AvgIpc) is 2.45. The zero-order valence-corrected chi connectivity index (χ0v) is 12.9. The lowest BCUT2D eigenvalue weighted by Crippen LogP contribution is -2.46. The number of hydrogen-bond acceptors (Lipinski definition) is 4. The monoisotopic (exact) mass is 277 g/mol. The summed E-state index contributed by atoms with van der Waals surface area (Å²) in [7, 11) is 5.88. The van der Waals surface area contributed by atoms with Crippen LogP contribution in [0.1, 0.15) is 24.4 Å². The third-order valence-corrected chi connectivity index (χ3v) is 4.12. The molecule has 1 aromatic rings. The van der Waals surface area contributed by atoms with Gasteiger partial charge in [-0.05, 0) is 37.1 Å². The molecule has 1 heterocycles. The van der Waals surface area contributed by atoms with Crippen molar-refractivity contribution in [1.82, 2.24) is 4.90 Å². The first-order valence-electron chi connectivity index (χ1n) is 7.39. The van der Waals surface area contributed by atoms with Crippen molar-refractivity contribution in [3.8, 4) is 0 Å². The Morgan fingerprint density at radius 3 is 2.60 bits per heavy atom. The molecule has 1 aliphatic heterocycles. The fraction of sp³-hybridized carbons (Fsp3) is 0.625. The van der Waals surface area contributed by atoms with Crippen LogP contribution >= 0.6 is 0 Å². The molecule has 2 N–H and O–H groups in total. The van der Waals surface area contributed by atoms with Crippen molar-refractivity contribution in [1.29, 1.82) is 0 Å². The summed E-state index contributed by atoms with van der Waals surface area (Å²) < 4.78 is 5.23. The van der Waals surface area contributed by atoms with Gasteiger partial charge in [0, 0.05) is 45.5 Å². The molecule has 4 heteroatoms. The second-order valence-corrected chi connectivity index (χ2v) is 5.77. The van der Waals surface area contributed by atoms with Crippen molar-refractivity contribution in [2.75, 3.05) is 45.8 Å². The van der Waals surface area contributed by atoms with Crippen LogP contribution in [0.2, 0.25) is 0 Å². The molecule has 0 aromatic heterocycles. The van der Waals surface area contributed by atoms with Crippen LogP contribution in [0.5, 0.6) is 0 Å². The van der Waals surface area contributed by atoms with Gasteiger partial charge < -0.3 is 15.4 Å². The second kappa shape index (κ2) is 7.07. The van der Waals surface area contributed by atoms with Crippen LogP contribution in [0.4, 0.5) is 5.69 Å². The highest BCUT2D eigenvalue weighted by atomic mass is 16.5. The summed E-state index contributed by atoms with van der Waals surface area (Å²) in [4.78, 5) is 4.58. The van der Waals surface area contributed by atoms with Gasteiger partial charge in [-0.25, -0.2) is 0 Å². The molecule has 20 heavy (non-hydrogen) atoms. The fourth-order valence-corrected chi connectivity index (χ4v) is 2.98. The van der Waals surface area contributed by atoms with Gasteiger partial charge in [-0.1, -0.05) is 12.1 Å². The van der Waals surface area contributed by atoms with Crippen molar-refractivity contribution in [2.45, 2.75) is 24.9 Å². The van der Waals surface area contributed by atoms with Gasteiger partial charge in [-0.3, -0.25) is 4.90 Å². The van der Waals surface area contributed by atoms with E-state index >= 15 is 0 Å². The summed E-state index contributed by atoms with van der Waals surface area (Å²) >= 11 is 0. The van der Waals surface area contributed by atoms with Gasteiger partial charge in [0.15, 0.2) is 0 Å². The molecule has 1 fully saturated rings. The number of likely N-dealkylation sites (tertiary alicyclic amines) is 1. The highest BCUT2D eigenvalue weighted by molar-refractivity contribution is 5.46. The van der Waals surface area contributed by atoms with Crippen LogP contribution in [0, 0.1) is 0 Å². The molecule has 112 valence electrons. The van der Waals surface area contributed by atoms with Crippen LogP contribution in [-0.4, -0.2) is 51.8 Å². The van der Waals surface area contributed by atoms with Crippen LogP contribution < -0.4 is 10.6 Å². The molecule has 2 atom stereocenters. The van der Waals surface area contributed by atoms with Crippen molar-refractivity contribution in [3.05, 3.63) is 29.8 Å². The van der Waals surface area contributed by atoms with E-state index in [1.54, 1.807) is 7.11 Å². The Balaban J connectivity index is 2.16. The first-order chi connectivity index (χ1) is 9.63. The first-order valence-corrected chi connectivity index (χ1v) is 7.39. The van der Waals surface area contributed by atoms with Gasteiger partial charge in [-0.15, -0.1) is 0 Å². The zero-order chi connectivity index (χ0) is 14.5. The minimum atomic E-state index is 0.214. The Kier molecular flexibility index (Phi) is 5.40. The lowest BCUT2D eigenvalue weighted by atomic mass is 9.91. The maximum atomic E-state index is 6.38. The maximum absolute atomic E-state index is 6.38. The predicted molar refractivity (Wildman–Crippen MR) is 84.2 cm³/mol. The molecular weight excluding hydrogens is 250 g/mol. The number of benzene rings is 1. The third-order valence-electron chi connectivity index (χ3n) is 4.12. The largest absolute Gasteiger partial charge is 0.383 e. The number of rotatable bonds is 5. The fourth-order valence-electron chi connectivity index (χ4n) is 2.98. The van der Waals surface area contributed by atoms with Gasteiger partial charge in [-0.2, -0.15) is 0 Å². The Morgan fingerprint density at radius 2 is 2.00 bits per heavy atom. The number of nitrogens with zero attached hydrogens (tertiary/aromatic N) is 2. The Labute approximate surface area is 122 Å². The number of nitrogens with two attached hydrogens (primary N) is 1. The van der Waals surface area contributed by atoms with Crippen LogP contribution in [0.3, 0.4) is 0 Å². The maximum Gasteiger partial charge on any atom is 0.0589 e. The zero-order valence-electron chi connectivity index (χ0n) is 12.9. The van der Waals surface area contributed by atoms with Crippen molar-refractivity contribution in [3.63, 3.8) is 0 Å². The summed E-state index contributed by atoms with van der Waals surface area (Å²) in [6.45, 7) is 2.82. The Bertz CT molecular complexity index is 405. The van der Waals surface area contributed by atoms with Gasteiger partial charge in [0.2, 0.25) is 0 Å². The van der Waals surface area contributed by atoms with E-state index in [4.69, 9.17) is 10.5 Å². The summed E-state index contributed by atoms with van der Waals surface area (Å²) in [6, 6.07) is 9.30. The number of piperidine rings is 1. The molecule has 1 saturated heterocycles. The van der Waals surface area contributed by atoms with Gasteiger partial charge in [0.25, 0.3) is 0 Å². The number of anilines is 1. The van der Waals surface area contributed by atoms with E-state index in [-0.39, 0.29) is 6.04 Å². The summed E-state index contributed by atoms with van der Waals surface area (Å²) in [5.41, 5.74) is 8.92.